The first kappa shape index (κ1) is 17.7. The summed E-state index contributed by atoms with van der Waals surface area (Å²) < 4.78 is 40.2. The highest BCUT2D eigenvalue weighted by atomic mass is 35.5. The number of rotatable bonds is 5. The van der Waals surface area contributed by atoms with Crippen LogP contribution in [0.2, 0.25) is 5.02 Å². The number of sulfonamides is 1. The van der Waals surface area contributed by atoms with Crippen molar-refractivity contribution in [1.29, 1.82) is 0 Å². The fraction of sp³-hybridized carbons (Fsp3) is 0.600. The molecule has 7 heteroatoms. The van der Waals surface area contributed by atoms with E-state index in [-0.39, 0.29) is 16.0 Å². The molecule has 2 rings (SSSR count). The number of benzene rings is 1. The van der Waals surface area contributed by atoms with Crippen molar-refractivity contribution in [2.75, 3.05) is 13.1 Å². The van der Waals surface area contributed by atoms with Crippen molar-refractivity contribution in [3.05, 3.63) is 29.0 Å². The third-order valence-corrected chi connectivity index (χ3v) is 6.08. The molecule has 1 N–H and O–H groups in total. The second-order valence-corrected chi connectivity index (χ2v) is 8.00. The van der Waals surface area contributed by atoms with Gasteiger partial charge in [0.2, 0.25) is 10.0 Å². The zero-order chi connectivity index (χ0) is 16.3. The standard InChI is InChI=1S/C15H22ClFN2O2S/c1-11-5-3-4-8-19(11)12(2)10-18-22(20,21)15-7-6-13(17)9-14(15)16/h6-7,9,11-12,18H,3-5,8,10H2,1-2H3/t11-,12-/m0/s1. The summed E-state index contributed by atoms with van der Waals surface area (Å²) in [5, 5.41) is -0.105. The average molecular weight is 349 g/mol. The van der Waals surface area contributed by atoms with Crippen molar-refractivity contribution >= 4 is 21.6 Å². The van der Waals surface area contributed by atoms with Crippen LogP contribution < -0.4 is 4.72 Å². The average Bonchev–Trinajstić information content (AvgIpc) is 2.45. The first-order valence-electron chi connectivity index (χ1n) is 7.51. The smallest absolute Gasteiger partial charge is 0.242 e. The molecule has 0 radical (unpaired) electrons. The number of piperidine rings is 1. The number of hydrogen-bond acceptors (Lipinski definition) is 3. The quantitative estimate of drug-likeness (QED) is 0.889. The van der Waals surface area contributed by atoms with Gasteiger partial charge in [-0.2, -0.15) is 0 Å². The normalized spacial score (nSPS) is 21.7. The minimum absolute atomic E-state index is 0.0885. The van der Waals surface area contributed by atoms with Gasteiger partial charge in [0.25, 0.3) is 0 Å². The summed E-state index contributed by atoms with van der Waals surface area (Å²) in [6, 6.07) is 3.85. The van der Waals surface area contributed by atoms with Crippen LogP contribution in [0.4, 0.5) is 4.39 Å². The minimum Gasteiger partial charge on any atom is -0.297 e. The molecule has 1 heterocycles. The molecule has 0 saturated carbocycles. The van der Waals surface area contributed by atoms with Crippen LogP contribution in [-0.2, 0) is 10.0 Å². The van der Waals surface area contributed by atoms with E-state index in [0.29, 0.717) is 12.6 Å². The first-order valence-corrected chi connectivity index (χ1v) is 9.38. The monoisotopic (exact) mass is 348 g/mol. The lowest BCUT2D eigenvalue weighted by Crippen LogP contribution is -2.48. The summed E-state index contributed by atoms with van der Waals surface area (Å²) >= 11 is 5.83. The molecule has 1 aliphatic heterocycles. The van der Waals surface area contributed by atoms with E-state index in [1.807, 2.05) is 6.92 Å². The second kappa shape index (κ2) is 7.25. The molecular weight excluding hydrogens is 327 g/mol. The predicted octanol–water partition coefficient (Wildman–Crippen LogP) is 3.02. The molecule has 2 atom stereocenters. The molecule has 0 spiro atoms. The fourth-order valence-corrected chi connectivity index (χ4v) is 4.54. The van der Waals surface area contributed by atoms with E-state index in [9.17, 15) is 12.8 Å². The van der Waals surface area contributed by atoms with Crippen molar-refractivity contribution in [1.82, 2.24) is 9.62 Å². The van der Waals surface area contributed by atoms with Crippen LogP contribution in [0.3, 0.4) is 0 Å². The lowest BCUT2D eigenvalue weighted by atomic mass is 10.0. The highest BCUT2D eigenvalue weighted by molar-refractivity contribution is 7.89. The molecule has 1 fully saturated rings. The van der Waals surface area contributed by atoms with Crippen molar-refractivity contribution in [2.45, 2.75) is 50.1 Å². The third-order valence-electron chi connectivity index (χ3n) is 4.17. The van der Waals surface area contributed by atoms with Gasteiger partial charge in [0, 0.05) is 18.6 Å². The SMILES string of the molecule is C[C@H]1CCCCN1[C@@H](C)CNS(=O)(=O)c1ccc(F)cc1Cl. The fourth-order valence-electron chi connectivity index (χ4n) is 2.89. The largest absolute Gasteiger partial charge is 0.297 e. The zero-order valence-corrected chi connectivity index (χ0v) is 14.4. The van der Waals surface area contributed by atoms with Crippen molar-refractivity contribution < 1.29 is 12.8 Å². The van der Waals surface area contributed by atoms with Gasteiger partial charge >= 0.3 is 0 Å². The summed E-state index contributed by atoms with van der Waals surface area (Å²) in [5.74, 6) is -0.556. The molecule has 124 valence electrons. The Morgan fingerprint density at radius 3 is 2.82 bits per heavy atom. The lowest BCUT2D eigenvalue weighted by molar-refractivity contribution is 0.116. The molecule has 0 aliphatic carbocycles. The Morgan fingerprint density at radius 2 is 2.18 bits per heavy atom. The number of hydrogen-bond donors (Lipinski definition) is 1. The van der Waals surface area contributed by atoms with E-state index >= 15 is 0 Å². The second-order valence-electron chi connectivity index (χ2n) is 5.86. The van der Waals surface area contributed by atoms with E-state index in [1.54, 1.807) is 0 Å². The first-order chi connectivity index (χ1) is 10.3. The molecule has 0 aromatic heterocycles. The Balaban J connectivity index is 2.03. The number of nitrogens with one attached hydrogen (secondary N) is 1. The predicted molar refractivity (Wildman–Crippen MR) is 86.1 cm³/mol. The van der Waals surface area contributed by atoms with Crippen LogP contribution in [0.15, 0.2) is 23.1 Å². The molecule has 1 saturated heterocycles. The Hall–Kier alpha value is -0.690. The summed E-state index contributed by atoms with van der Waals surface area (Å²) in [5.41, 5.74) is 0. The summed E-state index contributed by atoms with van der Waals surface area (Å²) in [6.07, 6.45) is 3.51. The van der Waals surface area contributed by atoms with Gasteiger partial charge in [0.05, 0.1) is 5.02 Å². The van der Waals surface area contributed by atoms with Gasteiger partial charge < -0.3 is 0 Å². The van der Waals surface area contributed by atoms with E-state index in [0.717, 1.165) is 31.5 Å². The third kappa shape index (κ3) is 4.19. The maximum absolute atomic E-state index is 13.0. The van der Waals surface area contributed by atoms with Crippen LogP contribution in [0.1, 0.15) is 33.1 Å². The van der Waals surface area contributed by atoms with Gasteiger partial charge in [0.15, 0.2) is 0 Å². The molecule has 1 aromatic rings. The minimum atomic E-state index is -3.73. The van der Waals surface area contributed by atoms with Crippen molar-refractivity contribution in [2.24, 2.45) is 0 Å². The molecule has 1 aliphatic rings. The summed E-state index contributed by atoms with van der Waals surface area (Å²) in [7, 11) is -3.73. The zero-order valence-electron chi connectivity index (χ0n) is 12.9. The van der Waals surface area contributed by atoms with Crippen LogP contribution >= 0.6 is 11.6 Å². The maximum atomic E-state index is 13.0. The van der Waals surface area contributed by atoms with E-state index in [1.165, 1.54) is 12.5 Å². The molecule has 1 aromatic carbocycles. The van der Waals surface area contributed by atoms with Gasteiger partial charge in [-0.15, -0.1) is 0 Å². The molecule has 0 amide bonds. The van der Waals surface area contributed by atoms with Gasteiger partial charge in [-0.1, -0.05) is 18.0 Å². The maximum Gasteiger partial charge on any atom is 0.242 e. The van der Waals surface area contributed by atoms with E-state index in [2.05, 4.69) is 16.5 Å². The Morgan fingerprint density at radius 1 is 1.45 bits per heavy atom. The molecular formula is C15H22ClFN2O2S. The van der Waals surface area contributed by atoms with Crippen molar-refractivity contribution in [3.8, 4) is 0 Å². The topological polar surface area (TPSA) is 49.4 Å². The molecule has 22 heavy (non-hydrogen) atoms. The van der Waals surface area contributed by atoms with Gasteiger partial charge in [-0.3, -0.25) is 4.90 Å². The van der Waals surface area contributed by atoms with Crippen LogP contribution in [0.25, 0.3) is 0 Å². The van der Waals surface area contributed by atoms with E-state index < -0.39 is 15.8 Å². The lowest BCUT2D eigenvalue weighted by Gasteiger charge is -2.38. The van der Waals surface area contributed by atoms with Gasteiger partial charge in [-0.25, -0.2) is 17.5 Å². The highest BCUT2D eigenvalue weighted by Gasteiger charge is 2.25. The van der Waals surface area contributed by atoms with E-state index in [4.69, 9.17) is 11.6 Å². The highest BCUT2D eigenvalue weighted by Crippen LogP contribution is 2.23. The summed E-state index contributed by atoms with van der Waals surface area (Å²) in [4.78, 5) is 2.23. The van der Waals surface area contributed by atoms with Crippen molar-refractivity contribution in [3.63, 3.8) is 0 Å². The van der Waals surface area contributed by atoms with Crippen LogP contribution in [0, 0.1) is 5.82 Å². The Labute approximate surface area is 136 Å². The Kier molecular flexibility index (Phi) is 5.82. The number of halogens is 2. The molecule has 0 unspecified atom stereocenters. The van der Waals surface area contributed by atoms with Gasteiger partial charge in [-0.05, 0) is 51.4 Å². The van der Waals surface area contributed by atoms with Crippen LogP contribution in [-0.4, -0.2) is 38.5 Å². The summed E-state index contributed by atoms with van der Waals surface area (Å²) in [6.45, 7) is 5.47. The number of nitrogens with zero attached hydrogens (tertiary/aromatic N) is 1. The Bertz CT molecular complexity index is 624. The van der Waals surface area contributed by atoms with Gasteiger partial charge in [0.1, 0.15) is 10.7 Å². The van der Waals surface area contributed by atoms with Crippen LogP contribution in [0.5, 0.6) is 0 Å². The molecule has 4 nitrogen and oxygen atoms in total. The molecule has 0 bridgehead atoms. The number of likely N-dealkylation sites (tertiary alicyclic amines) is 1.